The number of likely N-dealkylation sites (tertiary alicyclic amines) is 1. The van der Waals surface area contributed by atoms with Gasteiger partial charge in [0, 0.05) is 54.1 Å². The number of H-pyrrole nitrogens is 1. The zero-order valence-corrected chi connectivity index (χ0v) is 16.6. The van der Waals surface area contributed by atoms with Gasteiger partial charge in [-0.15, -0.1) is 0 Å². The van der Waals surface area contributed by atoms with Crippen molar-refractivity contribution in [3.63, 3.8) is 0 Å². The maximum absolute atomic E-state index is 12.5. The predicted octanol–water partition coefficient (Wildman–Crippen LogP) is 4.15. The lowest BCUT2D eigenvalue weighted by molar-refractivity contribution is -0.132. The summed E-state index contributed by atoms with van der Waals surface area (Å²) in [6.45, 7) is 2.15. The van der Waals surface area contributed by atoms with Crippen LogP contribution in [0.5, 0.6) is 0 Å². The average molecular weight is 396 g/mol. The largest absolute Gasteiger partial charge is 0.361 e. The van der Waals surface area contributed by atoms with Gasteiger partial charge in [0.2, 0.25) is 5.91 Å². The molecule has 1 saturated heterocycles. The third-order valence-corrected chi connectivity index (χ3v) is 6.23. The number of nitrogens with one attached hydrogen (secondary N) is 2. The molecule has 1 aliphatic heterocycles. The highest BCUT2D eigenvalue weighted by Gasteiger charge is 2.25. The van der Waals surface area contributed by atoms with E-state index in [9.17, 15) is 9.59 Å². The highest BCUT2D eigenvalue weighted by atomic mass is 32.1. The molecule has 5 nitrogen and oxygen atoms in total. The quantitative estimate of drug-likeness (QED) is 0.616. The SMILES string of the molecule is O=C(NCCCC(=O)N1CCC(c2c[nH]c3ccccc23)CC1)c1ccsc1. The van der Waals surface area contributed by atoms with Gasteiger partial charge in [0.05, 0.1) is 0 Å². The second kappa shape index (κ2) is 8.61. The van der Waals surface area contributed by atoms with Crippen LogP contribution in [0.1, 0.15) is 47.5 Å². The summed E-state index contributed by atoms with van der Waals surface area (Å²) < 4.78 is 0. The number of piperidine rings is 1. The predicted molar refractivity (Wildman–Crippen MR) is 113 cm³/mol. The first-order valence-corrected chi connectivity index (χ1v) is 10.8. The fourth-order valence-electron chi connectivity index (χ4n) is 3.97. The molecular weight excluding hydrogens is 370 g/mol. The summed E-state index contributed by atoms with van der Waals surface area (Å²) in [6, 6.07) is 10.2. The van der Waals surface area contributed by atoms with E-state index in [1.54, 1.807) is 0 Å². The van der Waals surface area contributed by atoms with Gasteiger partial charge in [-0.25, -0.2) is 0 Å². The monoisotopic (exact) mass is 395 g/mol. The second-order valence-electron chi connectivity index (χ2n) is 7.32. The Kier molecular flexibility index (Phi) is 5.76. The number of carbonyl (C=O) groups excluding carboxylic acids is 2. The van der Waals surface area contributed by atoms with Gasteiger partial charge in [-0.3, -0.25) is 9.59 Å². The zero-order chi connectivity index (χ0) is 19.3. The number of rotatable bonds is 6. The van der Waals surface area contributed by atoms with Crippen LogP contribution in [-0.2, 0) is 4.79 Å². The van der Waals surface area contributed by atoms with Crippen LogP contribution in [-0.4, -0.2) is 41.3 Å². The molecule has 3 aromatic rings. The number of aromatic amines is 1. The molecule has 1 aliphatic rings. The molecule has 28 heavy (non-hydrogen) atoms. The Morgan fingerprint density at radius 3 is 2.79 bits per heavy atom. The van der Waals surface area contributed by atoms with E-state index in [-0.39, 0.29) is 11.8 Å². The van der Waals surface area contributed by atoms with Gasteiger partial charge >= 0.3 is 0 Å². The van der Waals surface area contributed by atoms with Crippen molar-refractivity contribution >= 4 is 34.1 Å². The van der Waals surface area contributed by atoms with E-state index >= 15 is 0 Å². The van der Waals surface area contributed by atoms with Gasteiger partial charge in [-0.2, -0.15) is 11.3 Å². The molecule has 6 heteroatoms. The summed E-state index contributed by atoms with van der Waals surface area (Å²) in [4.78, 5) is 29.7. The first-order valence-electron chi connectivity index (χ1n) is 9.86. The Morgan fingerprint density at radius 1 is 1.18 bits per heavy atom. The molecule has 0 unspecified atom stereocenters. The normalized spacial score (nSPS) is 15.1. The molecule has 0 spiro atoms. The van der Waals surface area contributed by atoms with Crippen molar-refractivity contribution < 1.29 is 9.59 Å². The van der Waals surface area contributed by atoms with E-state index in [0.717, 1.165) is 25.9 Å². The number of carbonyl (C=O) groups is 2. The molecule has 3 heterocycles. The number of amides is 2. The average Bonchev–Trinajstić information content (AvgIpc) is 3.41. The fraction of sp³-hybridized carbons (Fsp3) is 0.364. The van der Waals surface area contributed by atoms with Crippen LogP contribution in [0.3, 0.4) is 0 Å². The van der Waals surface area contributed by atoms with Gasteiger partial charge in [0.1, 0.15) is 0 Å². The molecule has 2 aromatic heterocycles. The molecule has 0 radical (unpaired) electrons. The maximum atomic E-state index is 12.5. The van der Waals surface area contributed by atoms with E-state index in [0.29, 0.717) is 30.9 Å². The molecule has 0 bridgehead atoms. The number of para-hydroxylation sites is 1. The lowest BCUT2D eigenvalue weighted by Crippen LogP contribution is -2.38. The minimum absolute atomic E-state index is 0.0618. The van der Waals surface area contributed by atoms with Gasteiger partial charge in [-0.05, 0) is 48.3 Å². The van der Waals surface area contributed by atoms with Gasteiger partial charge < -0.3 is 15.2 Å². The molecule has 146 valence electrons. The van der Waals surface area contributed by atoms with Crippen molar-refractivity contribution in [2.45, 2.75) is 31.6 Å². The van der Waals surface area contributed by atoms with Crippen LogP contribution in [0.25, 0.3) is 10.9 Å². The topological polar surface area (TPSA) is 65.2 Å². The van der Waals surface area contributed by atoms with E-state index < -0.39 is 0 Å². The van der Waals surface area contributed by atoms with Crippen LogP contribution >= 0.6 is 11.3 Å². The van der Waals surface area contributed by atoms with E-state index in [4.69, 9.17) is 0 Å². The molecular formula is C22H25N3O2S. The van der Waals surface area contributed by atoms with Crippen LogP contribution < -0.4 is 5.32 Å². The Labute approximate surface area is 168 Å². The second-order valence-corrected chi connectivity index (χ2v) is 8.10. The first-order chi connectivity index (χ1) is 13.7. The van der Waals surface area contributed by atoms with Crippen LogP contribution in [0.2, 0.25) is 0 Å². The van der Waals surface area contributed by atoms with Crippen LogP contribution in [0.15, 0.2) is 47.3 Å². The van der Waals surface area contributed by atoms with Gasteiger partial charge in [0.15, 0.2) is 0 Å². The van der Waals surface area contributed by atoms with E-state index in [1.807, 2.05) is 27.8 Å². The number of benzene rings is 1. The summed E-state index contributed by atoms with van der Waals surface area (Å²) in [5.74, 6) is 0.639. The first kappa shape index (κ1) is 18.7. The van der Waals surface area contributed by atoms with E-state index in [2.05, 4.69) is 34.7 Å². The summed E-state index contributed by atoms with van der Waals surface area (Å²) in [5, 5.41) is 7.90. The number of hydrogen-bond donors (Lipinski definition) is 2. The van der Waals surface area contributed by atoms with Crippen molar-refractivity contribution in [2.24, 2.45) is 0 Å². The van der Waals surface area contributed by atoms with Gasteiger partial charge in [0.25, 0.3) is 5.91 Å². The van der Waals surface area contributed by atoms with Crippen molar-refractivity contribution in [1.29, 1.82) is 0 Å². The Bertz CT molecular complexity index is 940. The van der Waals surface area contributed by atoms with Crippen molar-refractivity contribution in [3.8, 4) is 0 Å². The number of nitrogens with zero attached hydrogens (tertiary/aromatic N) is 1. The summed E-state index contributed by atoms with van der Waals surface area (Å²) in [6.07, 6.45) is 5.30. The van der Waals surface area contributed by atoms with Gasteiger partial charge in [-0.1, -0.05) is 18.2 Å². The molecule has 2 amide bonds. The Morgan fingerprint density at radius 2 is 2.00 bits per heavy atom. The minimum Gasteiger partial charge on any atom is -0.361 e. The third kappa shape index (κ3) is 4.12. The summed E-state index contributed by atoms with van der Waals surface area (Å²) >= 11 is 1.51. The highest BCUT2D eigenvalue weighted by Crippen LogP contribution is 2.33. The minimum atomic E-state index is -0.0618. The summed E-state index contributed by atoms with van der Waals surface area (Å²) in [7, 11) is 0. The molecule has 2 N–H and O–H groups in total. The number of aromatic nitrogens is 1. The molecule has 1 aromatic carbocycles. The van der Waals surface area contributed by atoms with Crippen molar-refractivity contribution in [2.75, 3.05) is 19.6 Å². The lowest BCUT2D eigenvalue weighted by atomic mass is 9.89. The molecule has 0 atom stereocenters. The fourth-order valence-corrected chi connectivity index (χ4v) is 4.60. The smallest absolute Gasteiger partial charge is 0.252 e. The number of hydrogen-bond acceptors (Lipinski definition) is 3. The Hall–Kier alpha value is -2.60. The maximum Gasteiger partial charge on any atom is 0.252 e. The summed E-state index contributed by atoms with van der Waals surface area (Å²) in [5.41, 5.74) is 3.25. The molecule has 0 aliphatic carbocycles. The highest BCUT2D eigenvalue weighted by molar-refractivity contribution is 7.08. The Balaban J connectivity index is 1.21. The molecule has 4 rings (SSSR count). The van der Waals surface area contributed by atoms with Crippen molar-refractivity contribution in [3.05, 3.63) is 58.4 Å². The third-order valence-electron chi connectivity index (χ3n) is 5.55. The van der Waals surface area contributed by atoms with Crippen LogP contribution in [0.4, 0.5) is 0 Å². The zero-order valence-electron chi connectivity index (χ0n) is 15.8. The molecule has 1 fully saturated rings. The number of fused-ring (bicyclic) bond motifs is 1. The lowest BCUT2D eigenvalue weighted by Gasteiger charge is -2.32. The van der Waals surface area contributed by atoms with Crippen molar-refractivity contribution in [1.82, 2.24) is 15.2 Å². The molecule has 0 saturated carbocycles. The van der Waals surface area contributed by atoms with E-state index in [1.165, 1.54) is 27.8 Å². The number of thiophene rings is 1. The standard InChI is InChI=1S/C22H25N3O2S/c26-21(6-3-10-23-22(27)17-9-13-28-15-17)25-11-7-16(8-12-25)19-14-24-20-5-2-1-4-18(19)20/h1-2,4-5,9,13-16,24H,3,6-8,10-12H2,(H,23,27). The van der Waals surface area contributed by atoms with Crippen LogP contribution in [0, 0.1) is 0 Å².